The van der Waals surface area contributed by atoms with Crippen LogP contribution in [0.25, 0.3) is 0 Å². The summed E-state index contributed by atoms with van der Waals surface area (Å²) in [5.74, 6) is -0.0118. The highest BCUT2D eigenvalue weighted by atomic mass is 16.2. The molecule has 134 valence electrons. The number of nitrogens with two attached hydrogens (primary N) is 1. The van der Waals surface area contributed by atoms with Gasteiger partial charge in [-0.15, -0.1) is 0 Å². The lowest BCUT2D eigenvalue weighted by molar-refractivity contribution is -0.131. The third-order valence-electron chi connectivity index (χ3n) is 4.43. The summed E-state index contributed by atoms with van der Waals surface area (Å²) in [6, 6.07) is 3.39. The normalized spacial score (nSPS) is 21.0. The predicted octanol–water partition coefficient (Wildman–Crippen LogP) is 0.00860. The zero-order chi connectivity index (χ0) is 17.8. The zero-order valence-electron chi connectivity index (χ0n) is 13.9. The van der Waals surface area contributed by atoms with E-state index in [4.69, 9.17) is 5.73 Å². The summed E-state index contributed by atoms with van der Waals surface area (Å²) in [6.07, 6.45) is 4.32. The Morgan fingerprint density at radius 3 is 2.84 bits per heavy atom. The number of nitrogens with zero attached hydrogens (tertiary/aromatic N) is 3. The van der Waals surface area contributed by atoms with E-state index >= 15 is 0 Å². The minimum Gasteiger partial charge on any atom is -0.384 e. The molecule has 0 radical (unpaired) electrons. The molecule has 0 saturated carbocycles. The van der Waals surface area contributed by atoms with Crippen molar-refractivity contribution in [2.24, 2.45) is 0 Å². The van der Waals surface area contributed by atoms with Gasteiger partial charge in [-0.05, 0) is 31.4 Å². The van der Waals surface area contributed by atoms with Crippen molar-refractivity contribution < 1.29 is 14.4 Å². The molecule has 0 aliphatic carbocycles. The number of nitrogen functional groups attached to an aromatic ring is 1. The number of rotatable bonds is 4. The summed E-state index contributed by atoms with van der Waals surface area (Å²) < 4.78 is 0. The molecule has 3 heterocycles. The maximum atomic E-state index is 12.4. The Balaban J connectivity index is 1.50. The van der Waals surface area contributed by atoms with Gasteiger partial charge in [0.15, 0.2) is 0 Å². The Labute approximate surface area is 145 Å². The van der Waals surface area contributed by atoms with Crippen LogP contribution in [0.1, 0.15) is 19.3 Å². The summed E-state index contributed by atoms with van der Waals surface area (Å²) in [6.45, 7) is 1.16. The maximum Gasteiger partial charge on any atom is 0.325 e. The number of likely N-dealkylation sites (tertiary alicyclic amines) is 1. The van der Waals surface area contributed by atoms with E-state index in [1.165, 1.54) is 4.90 Å². The largest absolute Gasteiger partial charge is 0.384 e. The molecule has 2 aliphatic heterocycles. The van der Waals surface area contributed by atoms with Gasteiger partial charge in [-0.25, -0.2) is 9.78 Å². The highest BCUT2D eigenvalue weighted by Gasteiger charge is 2.30. The molecule has 0 bridgehead atoms. The first-order valence-electron chi connectivity index (χ1n) is 8.36. The van der Waals surface area contributed by atoms with Gasteiger partial charge in [0.1, 0.15) is 18.9 Å². The number of hydrogen-bond donors (Lipinski definition) is 3. The van der Waals surface area contributed by atoms with Crippen LogP contribution in [0.15, 0.2) is 18.3 Å². The van der Waals surface area contributed by atoms with Crippen molar-refractivity contribution in [3.05, 3.63) is 18.3 Å². The van der Waals surface area contributed by atoms with Crippen molar-refractivity contribution in [1.82, 2.24) is 20.1 Å². The maximum absolute atomic E-state index is 12.4. The molecular weight excluding hydrogens is 324 g/mol. The second-order valence-corrected chi connectivity index (χ2v) is 6.33. The number of aromatic nitrogens is 1. The number of carbonyl (C=O) groups excluding carboxylic acids is 3. The van der Waals surface area contributed by atoms with Crippen LogP contribution in [0.3, 0.4) is 0 Å². The van der Waals surface area contributed by atoms with Crippen molar-refractivity contribution in [2.45, 2.75) is 25.3 Å². The third kappa shape index (κ3) is 4.37. The summed E-state index contributed by atoms with van der Waals surface area (Å²) in [5.41, 5.74) is 6.49. The molecule has 1 atom stereocenters. The fourth-order valence-corrected chi connectivity index (χ4v) is 3.09. The lowest BCUT2D eigenvalue weighted by Gasteiger charge is -2.23. The van der Waals surface area contributed by atoms with Crippen LogP contribution in [0.4, 0.5) is 16.3 Å². The molecule has 25 heavy (non-hydrogen) atoms. The highest BCUT2D eigenvalue weighted by molar-refractivity contribution is 6.03. The van der Waals surface area contributed by atoms with Gasteiger partial charge in [0.2, 0.25) is 11.8 Å². The van der Waals surface area contributed by atoms with Crippen LogP contribution >= 0.6 is 0 Å². The standard InChI is InChI=1S/C16H22N6O3/c17-13-4-3-12(8-18-13)19-11-2-1-6-21(7-5-11)15(24)10-22-9-14(23)20-16(22)25/h3-4,8,11,19H,1-2,5-7,9-10H2,(H2,17,18)(H,20,23,25)/t11-/m1/s1. The fourth-order valence-electron chi connectivity index (χ4n) is 3.09. The average molecular weight is 346 g/mol. The van der Waals surface area contributed by atoms with Crippen LogP contribution in [-0.2, 0) is 9.59 Å². The molecule has 3 rings (SSSR count). The van der Waals surface area contributed by atoms with E-state index in [0.717, 1.165) is 24.9 Å². The first-order valence-corrected chi connectivity index (χ1v) is 8.36. The van der Waals surface area contributed by atoms with E-state index in [1.807, 2.05) is 6.07 Å². The first kappa shape index (κ1) is 17.0. The van der Waals surface area contributed by atoms with E-state index in [-0.39, 0.29) is 30.9 Å². The van der Waals surface area contributed by atoms with Crippen molar-refractivity contribution in [1.29, 1.82) is 0 Å². The van der Waals surface area contributed by atoms with Crippen molar-refractivity contribution in [3.63, 3.8) is 0 Å². The SMILES string of the molecule is Nc1ccc(N[C@@H]2CCCN(C(=O)CN3CC(=O)NC3=O)CC2)cn1. The highest BCUT2D eigenvalue weighted by Crippen LogP contribution is 2.17. The number of imide groups is 1. The topological polar surface area (TPSA) is 121 Å². The van der Waals surface area contributed by atoms with Crippen LogP contribution in [-0.4, -0.2) is 64.9 Å². The van der Waals surface area contributed by atoms with Gasteiger partial charge >= 0.3 is 6.03 Å². The fraction of sp³-hybridized carbons (Fsp3) is 0.500. The molecule has 0 spiro atoms. The summed E-state index contributed by atoms with van der Waals surface area (Å²) >= 11 is 0. The molecule has 2 fully saturated rings. The van der Waals surface area contributed by atoms with Crippen LogP contribution < -0.4 is 16.4 Å². The molecule has 0 unspecified atom stereocenters. The van der Waals surface area contributed by atoms with E-state index < -0.39 is 6.03 Å². The van der Waals surface area contributed by atoms with Crippen molar-refractivity contribution >= 4 is 29.4 Å². The van der Waals surface area contributed by atoms with Crippen LogP contribution in [0.5, 0.6) is 0 Å². The van der Waals surface area contributed by atoms with Gasteiger partial charge in [-0.3, -0.25) is 14.9 Å². The summed E-state index contributed by atoms with van der Waals surface area (Å²) in [4.78, 5) is 42.2. The predicted molar refractivity (Wildman–Crippen MR) is 91.6 cm³/mol. The van der Waals surface area contributed by atoms with Gasteiger partial charge in [0.05, 0.1) is 11.9 Å². The molecule has 2 saturated heterocycles. The number of hydrogen-bond acceptors (Lipinski definition) is 6. The van der Waals surface area contributed by atoms with Crippen LogP contribution in [0, 0.1) is 0 Å². The van der Waals surface area contributed by atoms with Crippen molar-refractivity contribution in [2.75, 3.05) is 37.2 Å². The smallest absolute Gasteiger partial charge is 0.325 e. The van der Waals surface area contributed by atoms with E-state index in [1.54, 1.807) is 17.2 Å². The van der Waals surface area contributed by atoms with Crippen molar-refractivity contribution in [3.8, 4) is 0 Å². The Kier molecular flexibility index (Phi) is 5.01. The number of urea groups is 1. The molecule has 4 N–H and O–H groups in total. The van der Waals surface area contributed by atoms with Gasteiger partial charge in [-0.2, -0.15) is 0 Å². The lowest BCUT2D eigenvalue weighted by atomic mass is 10.1. The molecule has 9 heteroatoms. The average Bonchev–Trinajstić information content (AvgIpc) is 2.76. The van der Waals surface area contributed by atoms with Gasteiger partial charge in [0, 0.05) is 19.1 Å². The molecule has 9 nitrogen and oxygen atoms in total. The Morgan fingerprint density at radius 2 is 2.16 bits per heavy atom. The zero-order valence-corrected chi connectivity index (χ0v) is 13.9. The molecular formula is C16H22N6O3. The molecule has 0 aromatic carbocycles. The molecule has 4 amide bonds. The van der Waals surface area contributed by atoms with Crippen LogP contribution in [0.2, 0.25) is 0 Å². The van der Waals surface area contributed by atoms with E-state index in [2.05, 4.69) is 15.6 Å². The second kappa shape index (κ2) is 7.37. The van der Waals surface area contributed by atoms with Gasteiger partial charge in [0.25, 0.3) is 0 Å². The minimum atomic E-state index is -0.497. The first-order chi connectivity index (χ1) is 12.0. The van der Waals surface area contributed by atoms with Gasteiger partial charge in [-0.1, -0.05) is 0 Å². The molecule has 1 aromatic heterocycles. The Bertz CT molecular complexity index is 662. The van der Waals surface area contributed by atoms with E-state index in [9.17, 15) is 14.4 Å². The lowest BCUT2D eigenvalue weighted by Crippen LogP contribution is -2.42. The monoisotopic (exact) mass is 346 g/mol. The molecule has 2 aliphatic rings. The number of amides is 4. The number of anilines is 2. The third-order valence-corrected chi connectivity index (χ3v) is 4.43. The van der Waals surface area contributed by atoms with Gasteiger partial charge < -0.3 is 20.9 Å². The Morgan fingerprint density at radius 1 is 1.32 bits per heavy atom. The summed E-state index contributed by atoms with van der Waals surface area (Å²) in [5, 5.41) is 5.60. The summed E-state index contributed by atoms with van der Waals surface area (Å²) in [7, 11) is 0. The minimum absolute atomic E-state index is 0.0489. The number of carbonyl (C=O) groups is 3. The quantitative estimate of drug-likeness (QED) is 0.661. The Hall–Kier alpha value is -2.84. The number of pyridine rings is 1. The van der Waals surface area contributed by atoms with E-state index in [0.29, 0.717) is 18.9 Å². The molecule has 1 aromatic rings. The second-order valence-electron chi connectivity index (χ2n) is 6.33. The number of nitrogens with one attached hydrogen (secondary N) is 2.